The number of amides is 1. The molecule has 2 heterocycles. The van der Waals surface area contributed by atoms with E-state index in [0.717, 1.165) is 39.8 Å². The van der Waals surface area contributed by atoms with Crippen LogP contribution in [-0.2, 0) is 6.54 Å². The van der Waals surface area contributed by atoms with E-state index >= 15 is 0 Å². The van der Waals surface area contributed by atoms with E-state index < -0.39 is 0 Å². The number of aromatic amines is 1. The van der Waals surface area contributed by atoms with Gasteiger partial charge in [-0.3, -0.25) is 9.59 Å². The Morgan fingerprint density at radius 1 is 1.03 bits per heavy atom. The van der Waals surface area contributed by atoms with Crippen LogP contribution in [0.2, 0.25) is 0 Å². The van der Waals surface area contributed by atoms with Crippen LogP contribution in [0.25, 0.3) is 22.2 Å². The normalized spacial score (nSPS) is 13.4. The summed E-state index contributed by atoms with van der Waals surface area (Å²) in [5, 5.41) is 0. The summed E-state index contributed by atoms with van der Waals surface area (Å²) in [5.41, 5.74) is 6.11. The maximum Gasteiger partial charge on any atom is 0.254 e. The highest BCUT2D eigenvalue weighted by molar-refractivity contribution is 5.95. The lowest BCUT2D eigenvalue weighted by atomic mass is 10.0. The second-order valence-electron chi connectivity index (χ2n) is 7.27. The maximum atomic E-state index is 13.0. The standard InChI is InChI=1S/C24H19N3O3/c28-14-16-1-3-17(4-2-16)24(29)27-9-10-30-23-8-6-18(11-20(23)13-27)19-5-7-21-22(12-19)26-15-25-21/h1-8,11-12,14-15H,9-10,13H2,(H,25,26). The number of H-pyrrole nitrogens is 1. The Labute approximate surface area is 173 Å². The van der Waals surface area contributed by atoms with Crippen LogP contribution in [0.4, 0.5) is 0 Å². The molecule has 0 saturated carbocycles. The second kappa shape index (κ2) is 7.48. The summed E-state index contributed by atoms with van der Waals surface area (Å²) in [6.07, 6.45) is 2.46. The van der Waals surface area contributed by atoms with Crippen molar-refractivity contribution in [1.82, 2.24) is 14.9 Å². The van der Waals surface area contributed by atoms with Crippen molar-refractivity contribution >= 4 is 23.2 Å². The SMILES string of the molecule is O=Cc1ccc(C(=O)N2CCOc3ccc(-c4ccc5nc[nH]c5c4)cc3C2)cc1. The molecular weight excluding hydrogens is 378 g/mol. The molecule has 0 atom stereocenters. The third-order valence-electron chi connectivity index (χ3n) is 5.37. The van der Waals surface area contributed by atoms with Crippen molar-refractivity contribution in [2.45, 2.75) is 6.54 Å². The lowest BCUT2D eigenvalue weighted by Crippen LogP contribution is -2.32. The van der Waals surface area contributed by atoms with Crippen molar-refractivity contribution in [3.8, 4) is 16.9 Å². The third-order valence-corrected chi connectivity index (χ3v) is 5.37. The number of carbonyl (C=O) groups excluding carboxylic acids is 2. The number of carbonyl (C=O) groups is 2. The monoisotopic (exact) mass is 397 g/mol. The van der Waals surface area contributed by atoms with Gasteiger partial charge in [0.05, 0.1) is 23.9 Å². The number of nitrogens with zero attached hydrogens (tertiary/aromatic N) is 2. The zero-order valence-electron chi connectivity index (χ0n) is 16.2. The molecular formula is C24H19N3O3. The smallest absolute Gasteiger partial charge is 0.254 e. The number of benzene rings is 3. The number of fused-ring (bicyclic) bond motifs is 2. The maximum absolute atomic E-state index is 13.0. The molecule has 1 aromatic heterocycles. The lowest BCUT2D eigenvalue weighted by Gasteiger charge is -2.20. The van der Waals surface area contributed by atoms with Gasteiger partial charge < -0.3 is 14.6 Å². The first-order valence-corrected chi connectivity index (χ1v) is 9.75. The van der Waals surface area contributed by atoms with E-state index in [1.807, 2.05) is 24.3 Å². The zero-order chi connectivity index (χ0) is 20.5. The van der Waals surface area contributed by atoms with E-state index in [4.69, 9.17) is 4.74 Å². The van der Waals surface area contributed by atoms with E-state index in [2.05, 4.69) is 22.1 Å². The summed E-state index contributed by atoms with van der Waals surface area (Å²) < 4.78 is 5.89. The molecule has 5 rings (SSSR count). The molecule has 148 valence electrons. The number of nitrogens with one attached hydrogen (secondary N) is 1. The van der Waals surface area contributed by atoms with Crippen LogP contribution >= 0.6 is 0 Å². The van der Waals surface area contributed by atoms with Crippen molar-refractivity contribution in [3.05, 3.63) is 83.7 Å². The highest BCUT2D eigenvalue weighted by atomic mass is 16.5. The van der Waals surface area contributed by atoms with Crippen molar-refractivity contribution in [3.63, 3.8) is 0 Å². The number of hydrogen-bond donors (Lipinski definition) is 1. The summed E-state index contributed by atoms with van der Waals surface area (Å²) in [6, 6.07) is 18.9. The summed E-state index contributed by atoms with van der Waals surface area (Å²) in [6.45, 7) is 1.40. The average molecular weight is 397 g/mol. The molecule has 6 heteroatoms. The van der Waals surface area contributed by atoms with Gasteiger partial charge in [0, 0.05) is 23.2 Å². The summed E-state index contributed by atoms with van der Waals surface area (Å²) >= 11 is 0. The fourth-order valence-electron chi connectivity index (χ4n) is 3.75. The molecule has 0 spiro atoms. The molecule has 30 heavy (non-hydrogen) atoms. The quantitative estimate of drug-likeness (QED) is 0.529. The molecule has 0 fully saturated rings. The van der Waals surface area contributed by atoms with E-state index in [9.17, 15) is 9.59 Å². The van der Waals surface area contributed by atoms with Crippen LogP contribution in [0.1, 0.15) is 26.3 Å². The molecule has 1 aliphatic rings. The average Bonchev–Trinajstić information content (AvgIpc) is 3.16. The number of aromatic nitrogens is 2. The first-order valence-electron chi connectivity index (χ1n) is 9.75. The lowest BCUT2D eigenvalue weighted by molar-refractivity contribution is 0.0733. The molecule has 1 N–H and O–H groups in total. The summed E-state index contributed by atoms with van der Waals surface area (Å²) in [4.78, 5) is 33.1. The van der Waals surface area contributed by atoms with Gasteiger partial charge in [0.2, 0.25) is 0 Å². The van der Waals surface area contributed by atoms with Crippen LogP contribution in [0.15, 0.2) is 67.0 Å². The van der Waals surface area contributed by atoms with Gasteiger partial charge in [-0.15, -0.1) is 0 Å². The van der Waals surface area contributed by atoms with Gasteiger partial charge in [0.25, 0.3) is 5.91 Å². The minimum Gasteiger partial charge on any atom is -0.491 e. The van der Waals surface area contributed by atoms with Gasteiger partial charge in [-0.05, 0) is 47.5 Å². The predicted octanol–water partition coefficient (Wildman–Crippen LogP) is 4.08. The molecule has 1 amide bonds. The van der Waals surface area contributed by atoms with Gasteiger partial charge in [-0.25, -0.2) is 4.98 Å². The van der Waals surface area contributed by atoms with Crippen LogP contribution in [0, 0.1) is 0 Å². The van der Waals surface area contributed by atoms with Crippen molar-refractivity contribution in [2.24, 2.45) is 0 Å². The van der Waals surface area contributed by atoms with Gasteiger partial charge >= 0.3 is 0 Å². The predicted molar refractivity (Wildman–Crippen MR) is 114 cm³/mol. The summed E-state index contributed by atoms with van der Waals surface area (Å²) in [5.74, 6) is 0.723. The summed E-state index contributed by atoms with van der Waals surface area (Å²) in [7, 11) is 0. The Morgan fingerprint density at radius 3 is 2.67 bits per heavy atom. The number of hydrogen-bond acceptors (Lipinski definition) is 4. The van der Waals surface area contributed by atoms with Crippen molar-refractivity contribution in [2.75, 3.05) is 13.2 Å². The molecule has 0 aliphatic carbocycles. The molecule has 3 aromatic carbocycles. The number of aldehydes is 1. The highest BCUT2D eigenvalue weighted by Crippen LogP contribution is 2.30. The number of ether oxygens (including phenoxy) is 1. The minimum absolute atomic E-state index is 0.0758. The molecule has 1 aliphatic heterocycles. The Kier molecular flexibility index (Phi) is 4.52. The van der Waals surface area contributed by atoms with Crippen molar-refractivity contribution in [1.29, 1.82) is 0 Å². The van der Waals surface area contributed by atoms with Crippen LogP contribution in [-0.4, -0.2) is 40.2 Å². The first kappa shape index (κ1) is 18.1. The van der Waals surface area contributed by atoms with Gasteiger partial charge in [0.1, 0.15) is 18.6 Å². The minimum atomic E-state index is -0.0758. The molecule has 0 bridgehead atoms. The zero-order valence-corrected chi connectivity index (χ0v) is 16.2. The number of imidazole rings is 1. The van der Waals surface area contributed by atoms with Crippen LogP contribution in [0.5, 0.6) is 5.75 Å². The van der Waals surface area contributed by atoms with Crippen LogP contribution in [0.3, 0.4) is 0 Å². The molecule has 0 radical (unpaired) electrons. The fraction of sp³-hybridized carbons (Fsp3) is 0.125. The Bertz CT molecular complexity index is 1240. The van der Waals surface area contributed by atoms with E-state index in [1.165, 1.54) is 0 Å². The van der Waals surface area contributed by atoms with Gasteiger partial charge in [-0.2, -0.15) is 0 Å². The molecule has 6 nitrogen and oxygen atoms in total. The van der Waals surface area contributed by atoms with E-state index in [-0.39, 0.29) is 5.91 Å². The highest BCUT2D eigenvalue weighted by Gasteiger charge is 2.21. The Morgan fingerprint density at radius 2 is 1.83 bits per heavy atom. The fourth-order valence-corrected chi connectivity index (χ4v) is 3.75. The second-order valence-corrected chi connectivity index (χ2v) is 7.27. The first-order chi connectivity index (χ1) is 14.7. The number of rotatable bonds is 3. The molecule has 0 unspecified atom stereocenters. The topological polar surface area (TPSA) is 75.3 Å². The Balaban J connectivity index is 1.44. The van der Waals surface area contributed by atoms with E-state index in [1.54, 1.807) is 35.5 Å². The van der Waals surface area contributed by atoms with Crippen molar-refractivity contribution < 1.29 is 14.3 Å². The van der Waals surface area contributed by atoms with Gasteiger partial charge in [0.15, 0.2) is 0 Å². The molecule has 0 saturated heterocycles. The van der Waals surface area contributed by atoms with E-state index in [0.29, 0.717) is 30.8 Å². The van der Waals surface area contributed by atoms with Crippen LogP contribution < -0.4 is 4.74 Å². The third kappa shape index (κ3) is 3.33. The molecule has 4 aromatic rings. The van der Waals surface area contributed by atoms with Gasteiger partial charge in [-0.1, -0.05) is 24.3 Å². The largest absolute Gasteiger partial charge is 0.491 e. The Hall–Kier alpha value is -3.93.